The number of hydrogen-bond acceptors (Lipinski definition) is 5. The maximum atomic E-state index is 14.0. The van der Waals surface area contributed by atoms with Crippen molar-refractivity contribution in [3.63, 3.8) is 0 Å². The van der Waals surface area contributed by atoms with Gasteiger partial charge in [0.25, 0.3) is 0 Å². The lowest BCUT2D eigenvalue weighted by Crippen LogP contribution is -2.52. The third-order valence-corrected chi connectivity index (χ3v) is 6.90. The molecular weight excluding hydrogens is 554 g/mol. The number of benzene rings is 3. The summed E-state index contributed by atoms with van der Waals surface area (Å²) in [6.45, 7) is 2.37. The van der Waals surface area contributed by atoms with E-state index in [2.05, 4.69) is 20.6 Å². The largest absolute Gasteiger partial charge is 0.445 e. The molecule has 4 rings (SSSR count). The van der Waals surface area contributed by atoms with Crippen LogP contribution in [0.1, 0.15) is 35.2 Å². The molecule has 0 aliphatic carbocycles. The number of nitrogens with zero attached hydrogens (tertiary/aromatic N) is 2. The van der Waals surface area contributed by atoms with Gasteiger partial charge < -0.3 is 25.3 Å². The molecule has 0 unspecified atom stereocenters. The average Bonchev–Trinajstić information content (AvgIpc) is 3.52. The van der Waals surface area contributed by atoms with Crippen LogP contribution in [0.15, 0.2) is 97.5 Å². The number of carbonyl (C=O) groups excluding carboxylic acids is 3. The van der Waals surface area contributed by atoms with Gasteiger partial charge in [-0.15, -0.1) is 0 Å². The quantitative estimate of drug-likeness (QED) is 0.207. The van der Waals surface area contributed by atoms with Crippen LogP contribution >= 0.6 is 11.6 Å². The number of nitrogens with one attached hydrogen (secondary N) is 3. The fourth-order valence-corrected chi connectivity index (χ4v) is 4.62. The normalized spacial score (nSPS) is 12.1. The third-order valence-electron chi connectivity index (χ3n) is 6.66. The summed E-state index contributed by atoms with van der Waals surface area (Å²) in [5.41, 5.74) is 3.30. The molecule has 10 heteroatoms. The fourth-order valence-electron chi connectivity index (χ4n) is 4.41. The molecule has 0 fully saturated rings. The number of aromatic amines is 1. The van der Waals surface area contributed by atoms with Crippen molar-refractivity contribution in [1.29, 1.82) is 0 Å². The van der Waals surface area contributed by atoms with E-state index < -0.39 is 18.0 Å². The smallest absolute Gasteiger partial charge is 0.408 e. The monoisotopic (exact) mass is 587 g/mol. The van der Waals surface area contributed by atoms with Crippen molar-refractivity contribution in [3.8, 4) is 0 Å². The van der Waals surface area contributed by atoms with Crippen LogP contribution in [0.25, 0.3) is 0 Å². The fraction of sp³-hybridized carbons (Fsp3) is 0.250. The molecule has 2 atom stereocenters. The topological polar surface area (TPSA) is 116 Å². The van der Waals surface area contributed by atoms with Crippen molar-refractivity contribution >= 4 is 29.5 Å². The molecular formula is C32H34ClN5O4. The number of aromatic nitrogens is 2. The highest BCUT2D eigenvalue weighted by molar-refractivity contribution is 6.30. The summed E-state index contributed by atoms with van der Waals surface area (Å²) in [6.07, 6.45) is 2.45. The number of hydrogen-bond donors (Lipinski definition) is 3. The van der Waals surface area contributed by atoms with E-state index >= 15 is 0 Å². The van der Waals surface area contributed by atoms with Gasteiger partial charge in [0.1, 0.15) is 12.6 Å². The lowest BCUT2D eigenvalue weighted by molar-refractivity contribution is -0.138. The number of carbonyl (C=O) groups is 3. The van der Waals surface area contributed by atoms with E-state index in [1.807, 2.05) is 73.7 Å². The second-order valence-corrected chi connectivity index (χ2v) is 10.4. The maximum absolute atomic E-state index is 14.0. The van der Waals surface area contributed by atoms with Crippen LogP contribution in [0, 0.1) is 0 Å². The van der Waals surface area contributed by atoms with E-state index in [-0.39, 0.29) is 37.9 Å². The van der Waals surface area contributed by atoms with E-state index in [4.69, 9.17) is 16.3 Å². The first-order valence-corrected chi connectivity index (χ1v) is 14.0. The molecule has 218 valence electrons. The Balaban J connectivity index is 1.48. The highest BCUT2D eigenvalue weighted by Crippen LogP contribution is 2.16. The van der Waals surface area contributed by atoms with Crippen LogP contribution in [0.3, 0.4) is 0 Å². The van der Waals surface area contributed by atoms with Crippen LogP contribution in [0.2, 0.25) is 5.02 Å². The van der Waals surface area contributed by atoms with E-state index in [0.29, 0.717) is 17.3 Å². The highest BCUT2D eigenvalue weighted by atomic mass is 35.5. The average molecular weight is 588 g/mol. The zero-order valence-electron chi connectivity index (χ0n) is 23.3. The van der Waals surface area contributed by atoms with Crippen LogP contribution in [0.4, 0.5) is 4.79 Å². The van der Waals surface area contributed by atoms with Gasteiger partial charge in [-0.2, -0.15) is 0 Å². The summed E-state index contributed by atoms with van der Waals surface area (Å²) in [5, 5.41) is 6.14. The molecule has 0 saturated heterocycles. The Labute approximate surface area is 250 Å². The minimum atomic E-state index is -1.02. The van der Waals surface area contributed by atoms with Crippen LogP contribution in [0.5, 0.6) is 0 Å². The summed E-state index contributed by atoms with van der Waals surface area (Å²) >= 11 is 6.20. The Morgan fingerprint density at radius 3 is 2.38 bits per heavy atom. The lowest BCUT2D eigenvalue weighted by atomic mass is 10.0. The van der Waals surface area contributed by atoms with Crippen molar-refractivity contribution in [2.75, 3.05) is 13.1 Å². The predicted molar refractivity (Wildman–Crippen MR) is 161 cm³/mol. The predicted octanol–water partition coefficient (Wildman–Crippen LogP) is 4.85. The molecule has 4 aromatic rings. The van der Waals surface area contributed by atoms with Crippen LogP contribution in [-0.2, 0) is 33.9 Å². The van der Waals surface area contributed by atoms with Crippen molar-refractivity contribution in [3.05, 3.63) is 125 Å². The summed E-state index contributed by atoms with van der Waals surface area (Å²) in [4.78, 5) is 48.3. The Bertz CT molecular complexity index is 1430. The highest BCUT2D eigenvalue weighted by Gasteiger charge is 2.29. The number of imidazole rings is 1. The number of halogens is 1. The molecule has 1 aromatic heterocycles. The molecule has 42 heavy (non-hydrogen) atoms. The first kappa shape index (κ1) is 30.3. The Hall–Kier alpha value is -4.63. The number of alkyl carbamates (subject to hydrolysis) is 1. The number of rotatable bonds is 13. The minimum absolute atomic E-state index is 0.0475. The van der Waals surface area contributed by atoms with Gasteiger partial charge in [-0.05, 0) is 34.7 Å². The van der Waals surface area contributed by atoms with Crippen molar-refractivity contribution in [1.82, 2.24) is 25.5 Å². The second kappa shape index (κ2) is 15.4. The van der Waals surface area contributed by atoms with Gasteiger partial charge in [-0.3, -0.25) is 9.59 Å². The molecule has 3 N–H and O–H groups in total. The Morgan fingerprint density at radius 2 is 1.69 bits per heavy atom. The summed E-state index contributed by atoms with van der Waals surface area (Å²) in [5.74, 6) is -0.686. The molecule has 0 bridgehead atoms. The summed E-state index contributed by atoms with van der Waals surface area (Å²) < 4.78 is 5.39. The Morgan fingerprint density at radius 1 is 0.976 bits per heavy atom. The molecule has 0 aliphatic rings. The summed E-state index contributed by atoms with van der Waals surface area (Å²) in [7, 11) is 0. The zero-order chi connectivity index (χ0) is 29.7. The van der Waals surface area contributed by atoms with E-state index in [0.717, 1.165) is 16.7 Å². The molecule has 3 amide bonds. The first-order chi connectivity index (χ1) is 20.4. The van der Waals surface area contributed by atoms with E-state index in [1.54, 1.807) is 24.4 Å². The molecule has 0 saturated carbocycles. The molecule has 0 radical (unpaired) electrons. The molecule has 0 spiro atoms. The van der Waals surface area contributed by atoms with Crippen LogP contribution in [-0.4, -0.2) is 51.9 Å². The van der Waals surface area contributed by atoms with Gasteiger partial charge in [-0.25, -0.2) is 9.78 Å². The van der Waals surface area contributed by atoms with Gasteiger partial charge in [0.05, 0.1) is 12.9 Å². The van der Waals surface area contributed by atoms with E-state index in [9.17, 15) is 14.4 Å². The van der Waals surface area contributed by atoms with Crippen molar-refractivity contribution < 1.29 is 19.1 Å². The lowest BCUT2D eigenvalue weighted by Gasteiger charge is -2.28. The van der Waals surface area contributed by atoms with Gasteiger partial charge in [0.2, 0.25) is 11.8 Å². The molecule has 9 nitrogen and oxygen atoms in total. The first-order valence-electron chi connectivity index (χ1n) is 13.7. The van der Waals surface area contributed by atoms with Gasteiger partial charge in [0, 0.05) is 36.4 Å². The number of H-pyrrole nitrogens is 1. The number of amides is 3. The second-order valence-electron chi connectivity index (χ2n) is 9.98. The standard InChI is InChI=1S/C32H34ClN5O4/c1-23(26-12-6-3-7-13-26)17-35-30(39)20-38(19-25-11-8-14-27(33)15-25)31(40)29(16-28-18-34-22-36-28)37-32(41)42-21-24-9-4-2-5-10-24/h2-15,18,22-23,29H,16-17,19-21H2,1H3,(H,34,36)(H,35,39)(H,37,41)/t23-,29+/m1/s1. The van der Waals surface area contributed by atoms with Gasteiger partial charge >= 0.3 is 6.09 Å². The molecule has 0 aliphatic heterocycles. The summed E-state index contributed by atoms with van der Waals surface area (Å²) in [6, 6.07) is 25.2. The SMILES string of the molecule is C[C@H](CNC(=O)CN(Cc1cccc(Cl)c1)C(=O)[C@H](Cc1cnc[nH]1)NC(=O)OCc1ccccc1)c1ccccc1. The van der Waals surface area contributed by atoms with E-state index in [1.165, 1.54) is 11.2 Å². The third kappa shape index (κ3) is 9.49. The van der Waals surface area contributed by atoms with Gasteiger partial charge in [0.15, 0.2) is 0 Å². The van der Waals surface area contributed by atoms with Crippen LogP contribution < -0.4 is 10.6 Å². The van der Waals surface area contributed by atoms with Gasteiger partial charge in [-0.1, -0.05) is 91.3 Å². The van der Waals surface area contributed by atoms with Crippen molar-refractivity contribution in [2.24, 2.45) is 0 Å². The zero-order valence-corrected chi connectivity index (χ0v) is 24.1. The molecule has 3 aromatic carbocycles. The Kier molecular flexibility index (Phi) is 11.1. The maximum Gasteiger partial charge on any atom is 0.408 e. The minimum Gasteiger partial charge on any atom is -0.445 e. The van der Waals surface area contributed by atoms with Crippen molar-refractivity contribution in [2.45, 2.75) is 38.5 Å². The number of ether oxygens (including phenoxy) is 1. The molecule has 1 heterocycles.